The number of furan rings is 1. The van der Waals surface area contributed by atoms with Crippen molar-refractivity contribution in [1.29, 1.82) is 0 Å². The Labute approximate surface area is 456 Å². The minimum Gasteiger partial charge on any atom is -0.507 e. The first-order chi connectivity index (χ1) is 35.3. The van der Waals surface area contributed by atoms with Crippen molar-refractivity contribution in [2.45, 2.75) is 97.8 Å². The fourth-order valence-electron chi connectivity index (χ4n) is 10.5. The topological polar surface area (TPSA) is 64.1 Å². The van der Waals surface area contributed by atoms with Crippen molar-refractivity contribution in [3.63, 3.8) is 0 Å². The zero-order valence-corrected chi connectivity index (χ0v) is 47.1. The Morgan fingerprint density at radius 2 is 1.15 bits per heavy atom. The predicted octanol–water partition coefficient (Wildman–Crippen LogP) is 18.4. The van der Waals surface area contributed by atoms with Crippen LogP contribution in [-0.4, -0.2) is 19.6 Å². The zero-order chi connectivity index (χ0) is 51.9. The SMILES string of the molecule is CC(C)(C)c1ccc(-n2c(-c3cc(C(C)(C)C)cc(C(C)(C)C)c3O)nc3c(-c4[c-]c(-c5cc(-c6ccc(C(C)(C)c7ccccc7)cc6)ccn5)c5oc6ccccc6c5c4)cccc32)c(-c2ccccc2)c1.[Pt]. The van der Waals surface area contributed by atoms with E-state index in [2.05, 4.69) is 251 Å². The summed E-state index contributed by atoms with van der Waals surface area (Å²) in [5.74, 6) is 0.890. The number of nitrogens with zero attached hydrogens (tertiary/aromatic N) is 3. The smallest absolute Gasteiger partial charge is 0.148 e. The Kier molecular flexibility index (Phi) is 13.0. The Hall–Kier alpha value is -7.33. The van der Waals surface area contributed by atoms with Crippen LogP contribution in [0.25, 0.3) is 94.7 Å². The fourth-order valence-corrected chi connectivity index (χ4v) is 10.5. The minimum atomic E-state index is -0.353. The van der Waals surface area contributed by atoms with Crippen molar-refractivity contribution in [1.82, 2.24) is 14.5 Å². The molecule has 11 aromatic rings. The maximum Gasteiger partial charge on any atom is 0.148 e. The number of phenols is 1. The average Bonchev–Trinajstić information content (AvgIpc) is 3.99. The van der Waals surface area contributed by atoms with Gasteiger partial charge in [0.1, 0.15) is 17.2 Å². The summed E-state index contributed by atoms with van der Waals surface area (Å²) in [6.45, 7) is 24.5. The summed E-state index contributed by atoms with van der Waals surface area (Å²) in [5, 5.41) is 14.6. The van der Waals surface area contributed by atoms with Crippen molar-refractivity contribution >= 4 is 33.0 Å². The summed E-state index contributed by atoms with van der Waals surface area (Å²) in [7, 11) is 0. The van der Waals surface area contributed by atoms with Crippen molar-refractivity contribution in [3.8, 4) is 67.5 Å². The first kappa shape index (κ1) is 51.2. The third kappa shape index (κ3) is 9.35. The first-order valence-electron chi connectivity index (χ1n) is 25.9. The second kappa shape index (κ2) is 19.1. The van der Waals surface area contributed by atoms with E-state index >= 15 is 0 Å². The summed E-state index contributed by atoms with van der Waals surface area (Å²) in [6, 6.07) is 66.2. The molecule has 5 nitrogen and oxygen atoms in total. The molecule has 0 atom stereocenters. The number of aromatic nitrogens is 3. The molecule has 0 radical (unpaired) electrons. The molecule has 8 aromatic carbocycles. The van der Waals surface area contributed by atoms with Crippen LogP contribution in [0.5, 0.6) is 5.75 Å². The quantitative estimate of drug-likeness (QED) is 0.154. The number of fused-ring (bicyclic) bond motifs is 4. The maximum absolute atomic E-state index is 12.7. The number of hydrogen-bond acceptors (Lipinski definition) is 4. The Bertz CT molecular complexity index is 3920. The second-order valence-corrected chi connectivity index (χ2v) is 23.6. The van der Waals surface area contributed by atoms with Gasteiger partial charge in [-0.15, -0.1) is 17.7 Å². The van der Waals surface area contributed by atoms with E-state index in [1.807, 2.05) is 18.3 Å². The molecule has 378 valence electrons. The van der Waals surface area contributed by atoms with E-state index in [1.165, 1.54) is 16.7 Å². The van der Waals surface area contributed by atoms with E-state index in [9.17, 15) is 5.11 Å². The van der Waals surface area contributed by atoms with Crippen molar-refractivity contribution in [3.05, 3.63) is 216 Å². The average molecular weight is 1160 g/mol. The molecule has 1 N–H and O–H groups in total. The first-order valence-corrected chi connectivity index (χ1v) is 25.9. The van der Waals surface area contributed by atoms with Crippen LogP contribution in [0.2, 0.25) is 0 Å². The normalized spacial score (nSPS) is 12.4. The van der Waals surface area contributed by atoms with E-state index in [0.29, 0.717) is 11.4 Å². The van der Waals surface area contributed by atoms with Gasteiger partial charge in [0.25, 0.3) is 0 Å². The van der Waals surface area contributed by atoms with Gasteiger partial charge in [-0.3, -0.25) is 9.55 Å². The van der Waals surface area contributed by atoms with Gasteiger partial charge in [0.15, 0.2) is 0 Å². The van der Waals surface area contributed by atoms with Gasteiger partial charge in [-0.25, -0.2) is 4.98 Å². The molecule has 0 aliphatic carbocycles. The number of aromatic hydroxyl groups is 1. The van der Waals surface area contributed by atoms with Crippen LogP contribution >= 0.6 is 0 Å². The number of rotatable bonds is 8. The van der Waals surface area contributed by atoms with Crippen molar-refractivity contribution in [2.75, 3.05) is 0 Å². The van der Waals surface area contributed by atoms with Crippen LogP contribution in [0.4, 0.5) is 0 Å². The molecule has 0 spiro atoms. The molecule has 0 saturated heterocycles. The molecule has 0 aliphatic heterocycles. The van der Waals surface area contributed by atoms with Gasteiger partial charge in [-0.2, -0.15) is 0 Å². The van der Waals surface area contributed by atoms with Gasteiger partial charge < -0.3 is 9.52 Å². The van der Waals surface area contributed by atoms with E-state index in [0.717, 1.165) is 94.4 Å². The van der Waals surface area contributed by atoms with Gasteiger partial charge in [0, 0.05) is 54.9 Å². The summed E-state index contributed by atoms with van der Waals surface area (Å²) < 4.78 is 9.03. The number of benzene rings is 8. The summed E-state index contributed by atoms with van der Waals surface area (Å²) in [4.78, 5) is 10.8. The second-order valence-electron chi connectivity index (χ2n) is 23.6. The largest absolute Gasteiger partial charge is 0.507 e. The van der Waals surface area contributed by atoms with Crippen LogP contribution in [-0.2, 0) is 42.7 Å². The number of para-hydroxylation sites is 2. The molecule has 0 bridgehead atoms. The van der Waals surface area contributed by atoms with Gasteiger partial charge >= 0.3 is 0 Å². The Morgan fingerprint density at radius 3 is 1.84 bits per heavy atom. The van der Waals surface area contributed by atoms with Crippen LogP contribution < -0.4 is 0 Å². The summed E-state index contributed by atoms with van der Waals surface area (Å²) in [6.07, 6.45) is 1.88. The van der Waals surface area contributed by atoms with Gasteiger partial charge in [-0.05, 0) is 97.0 Å². The van der Waals surface area contributed by atoms with Crippen molar-refractivity contribution in [2.24, 2.45) is 0 Å². The standard InChI is InChI=1S/C69H64N3O2.Pt/c1-66(2,3)49-33-34-59(53(40-49)44-21-14-12-15-22-44)72-60-27-20-26-51(62(60)71-65(72)56-41-50(67(4,5)6)42-57(63(56)73)68(7,8)9)46-37-54-52-25-18-19-28-61(52)74-64(54)55(38-46)58-39-45(35-36-70-58)43-29-31-48(32-30-43)69(10,11)47-23-16-13-17-24-47;/h12-37,39-42,73H,1-11H3;/q-1;. The molecule has 6 heteroatoms. The molecule has 3 aromatic heterocycles. The van der Waals surface area contributed by atoms with Crippen LogP contribution in [0.3, 0.4) is 0 Å². The van der Waals surface area contributed by atoms with Gasteiger partial charge in [-0.1, -0.05) is 221 Å². The number of imidazole rings is 1. The van der Waals surface area contributed by atoms with E-state index in [-0.39, 0.29) is 48.5 Å². The third-order valence-electron chi connectivity index (χ3n) is 15.0. The zero-order valence-electron chi connectivity index (χ0n) is 44.8. The van der Waals surface area contributed by atoms with E-state index in [4.69, 9.17) is 14.4 Å². The van der Waals surface area contributed by atoms with Crippen LogP contribution in [0, 0.1) is 6.07 Å². The predicted molar refractivity (Wildman–Crippen MR) is 308 cm³/mol. The molecule has 75 heavy (non-hydrogen) atoms. The summed E-state index contributed by atoms with van der Waals surface area (Å²) in [5.41, 5.74) is 17.4. The Balaban J connectivity index is 0.00000641. The fraction of sp³-hybridized carbons (Fsp3) is 0.217. The molecule has 0 saturated carbocycles. The Morgan fingerprint density at radius 1 is 0.507 bits per heavy atom. The molecule has 0 aliphatic rings. The molecular formula is C69H64N3O2Pt-. The number of pyridine rings is 1. The van der Waals surface area contributed by atoms with Crippen molar-refractivity contribution < 1.29 is 30.6 Å². The minimum absolute atomic E-state index is 0. The molecular weight excluding hydrogens is 1100 g/mol. The maximum atomic E-state index is 12.7. The van der Waals surface area contributed by atoms with Gasteiger partial charge in [0.2, 0.25) is 0 Å². The van der Waals surface area contributed by atoms with Gasteiger partial charge in [0.05, 0.1) is 27.9 Å². The molecule has 11 rings (SSSR count). The van der Waals surface area contributed by atoms with Crippen LogP contribution in [0.1, 0.15) is 104 Å². The third-order valence-corrected chi connectivity index (χ3v) is 15.0. The molecule has 0 unspecified atom stereocenters. The molecule has 0 amide bonds. The molecule has 0 fully saturated rings. The number of phenolic OH excluding ortho intramolecular Hbond substituents is 1. The van der Waals surface area contributed by atoms with E-state index < -0.39 is 0 Å². The summed E-state index contributed by atoms with van der Waals surface area (Å²) >= 11 is 0. The van der Waals surface area contributed by atoms with E-state index in [1.54, 1.807) is 0 Å². The molecule has 3 heterocycles. The monoisotopic (exact) mass is 1160 g/mol. The number of hydrogen-bond donors (Lipinski definition) is 1. The van der Waals surface area contributed by atoms with Crippen LogP contribution in [0.15, 0.2) is 187 Å².